The number of amides is 1. The van der Waals surface area contributed by atoms with Crippen LogP contribution in [0.25, 0.3) is 0 Å². The number of benzene rings is 1. The van der Waals surface area contributed by atoms with Gasteiger partial charge in [-0.25, -0.2) is 15.4 Å². The second kappa shape index (κ2) is 7.74. The van der Waals surface area contributed by atoms with Gasteiger partial charge >= 0.3 is 5.69 Å². The van der Waals surface area contributed by atoms with Crippen LogP contribution in [0.2, 0.25) is 0 Å². The van der Waals surface area contributed by atoms with Crippen molar-refractivity contribution in [2.45, 2.75) is 33.2 Å². The minimum atomic E-state index is -0.630. The zero-order chi connectivity index (χ0) is 19.3. The number of hydrazine groups is 2. The zero-order valence-corrected chi connectivity index (χ0v) is 15.0. The van der Waals surface area contributed by atoms with E-state index in [0.29, 0.717) is 5.56 Å². The summed E-state index contributed by atoms with van der Waals surface area (Å²) >= 11 is 0. The molecule has 0 unspecified atom stereocenters. The maximum atomic E-state index is 12.2. The molecule has 2 aromatic rings. The van der Waals surface area contributed by atoms with Crippen LogP contribution < -0.4 is 21.7 Å². The molecule has 1 aromatic heterocycles. The molecule has 10 heteroatoms. The molecule has 0 atom stereocenters. The van der Waals surface area contributed by atoms with E-state index in [1.165, 1.54) is 0 Å². The SMILES string of the molecule is Cc1ccccc1C(=O)NNc1ncnc(NNC(C)(C)C)c1[N+](=O)[O-]. The minimum absolute atomic E-state index is 0.0208. The fourth-order valence-corrected chi connectivity index (χ4v) is 1.99. The molecule has 1 amide bonds. The highest BCUT2D eigenvalue weighted by atomic mass is 16.6. The van der Waals surface area contributed by atoms with Crippen molar-refractivity contribution in [3.8, 4) is 0 Å². The number of aryl methyl sites for hydroxylation is 1. The number of carbonyl (C=O) groups is 1. The molecule has 0 bridgehead atoms. The lowest BCUT2D eigenvalue weighted by molar-refractivity contribution is -0.383. The van der Waals surface area contributed by atoms with Crippen molar-refractivity contribution >= 4 is 23.2 Å². The quantitative estimate of drug-likeness (QED) is 0.455. The van der Waals surface area contributed by atoms with Crippen molar-refractivity contribution in [2.24, 2.45) is 0 Å². The first-order valence-electron chi connectivity index (χ1n) is 7.83. The van der Waals surface area contributed by atoms with Crippen LogP contribution >= 0.6 is 0 Å². The van der Waals surface area contributed by atoms with Crippen molar-refractivity contribution in [3.63, 3.8) is 0 Å². The first kappa shape index (κ1) is 19.1. The topological polar surface area (TPSA) is 134 Å². The maximum absolute atomic E-state index is 12.2. The second-order valence-corrected chi connectivity index (χ2v) is 6.57. The molecule has 1 heterocycles. The largest absolute Gasteiger partial charge is 0.356 e. The predicted molar refractivity (Wildman–Crippen MR) is 97.5 cm³/mol. The van der Waals surface area contributed by atoms with E-state index in [1.54, 1.807) is 25.1 Å². The summed E-state index contributed by atoms with van der Waals surface area (Å²) in [6.45, 7) is 7.44. The Labute approximate surface area is 150 Å². The van der Waals surface area contributed by atoms with Crippen molar-refractivity contribution in [1.29, 1.82) is 0 Å². The van der Waals surface area contributed by atoms with Gasteiger partial charge in [-0.05, 0) is 39.3 Å². The van der Waals surface area contributed by atoms with Crippen molar-refractivity contribution in [1.82, 2.24) is 20.8 Å². The van der Waals surface area contributed by atoms with Gasteiger partial charge in [-0.3, -0.25) is 31.2 Å². The molecular formula is C16H21N7O3. The Balaban J connectivity index is 2.20. The molecule has 26 heavy (non-hydrogen) atoms. The first-order valence-corrected chi connectivity index (χ1v) is 7.83. The van der Waals surface area contributed by atoms with Gasteiger partial charge < -0.3 is 0 Å². The number of rotatable bonds is 6. The van der Waals surface area contributed by atoms with Crippen molar-refractivity contribution in [2.75, 3.05) is 10.9 Å². The van der Waals surface area contributed by atoms with E-state index in [4.69, 9.17) is 0 Å². The van der Waals surface area contributed by atoms with Crippen LogP contribution in [0.5, 0.6) is 0 Å². The molecule has 0 spiro atoms. The highest BCUT2D eigenvalue weighted by Crippen LogP contribution is 2.28. The predicted octanol–water partition coefficient (Wildman–Crippen LogP) is 2.17. The lowest BCUT2D eigenvalue weighted by Crippen LogP contribution is -2.40. The lowest BCUT2D eigenvalue weighted by Gasteiger charge is -2.21. The zero-order valence-electron chi connectivity index (χ0n) is 15.0. The van der Waals surface area contributed by atoms with Gasteiger partial charge in [0.25, 0.3) is 5.91 Å². The summed E-state index contributed by atoms with van der Waals surface area (Å²) in [4.78, 5) is 30.8. The molecule has 0 fully saturated rings. The molecule has 0 aliphatic rings. The summed E-state index contributed by atoms with van der Waals surface area (Å²) in [5.74, 6) is -0.587. The fourth-order valence-electron chi connectivity index (χ4n) is 1.99. The Morgan fingerprint density at radius 1 is 1.12 bits per heavy atom. The van der Waals surface area contributed by atoms with E-state index in [-0.39, 0.29) is 17.2 Å². The molecule has 138 valence electrons. The summed E-state index contributed by atoms with van der Waals surface area (Å²) in [5.41, 5.74) is 11.0. The van der Waals surface area contributed by atoms with Crippen molar-refractivity contribution < 1.29 is 9.72 Å². The van der Waals surface area contributed by atoms with Gasteiger partial charge in [0.05, 0.1) is 4.92 Å². The Morgan fingerprint density at radius 3 is 2.31 bits per heavy atom. The number of carbonyl (C=O) groups excluding carboxylic acids is 1. The molecule has 0 saturated heterocycles. The molecule has 0 aliphatic heterocycles. The third-order valence-corrected chi connectivity index (χ3v) is 3.24. The number of anilines is 2. The smallest absolute Gasteiger partial charge is 0.299 e. The Morgan fingerprint density at radius 2 is 1.73 bits per heavy atom. The molecule has 2 rings (SSSR count). The van der Waals surface area contributed by atoms with E-state index in [1.807, 2.05) is 26.8 Å². The Bertz CT molecular complexity index is 818. The van der Waals surface area contributed by atoms with E-state index < -0.39 is 16.5 Å². The number of hydrogen-bond acceptors (Lipinski definition) is 8. The van der Waals surface area contributed by atoms with Gasteiger partial charge in [0.15, 0.2) is 0 Å². The van der Waals surface area contributed by atoms with Crippen LogP contribution in [0, 0.1) is 17.0 Å². The molecule has 10 nitrogen and oxygen atoms in total. The highest BCUT2D eigenvalue weighted by molar-refractivity contribution is 5.96. The summed E-state index contributed by atoms with van der Waals surface area (Å²) in [7, 11) is 0. The molecule has 4 N–H and O–H groups in total. The van der Waals surface area contributed by atoms with Gasteiger partial charge in [-0.15, -0.1) is 0 Å². The summed E-state index contributed by atoms with van der Waals surface area (Å²) < 4.78 is 0. The lowest BCUT2D eigenvalue weighted by atomic mass is 10.1. The van der Waals surface area contributed by atoms with Crippen LogP contribution in [-0.2, 0) is 0 Å². The van der Waals surface area contributed by atoms with Crippen LogP contribution in [0.1, 0.15) is 36.7 Å². The van der Waals surface area contributed by atoms with E-state index in [9.17, 15) is 14.9 Å². The van der Waals surface area contributed by atoms with E-state index in [2.05, 4.69) is 31.7 Å². The van der Waals surface area contributed by atoms with Gasteiger partial charge in [0, 0.05) is 11.1 Å². The fraction of sp³-hybridized carbons (Fsp3) is 0.312. The normalized spacial score (nSPS) is 10.9. The van der Waals surface area contributed by atoms with Gasteiger partial charge in [0.1, 0.15) is 6.33 Å². The monoisotopic (exact) mass is 359 g/mol. The van der Waals surface area contributed by atoms with Gasteiger partial charge in [0.2, 0.25) is 11.6 Å². The molecule has 0 saturated carbocycles. The van der Waals surface area contributed by atoms with Crippen LogP contribution in [0.3, 0.4) is 0 Å². The summed E-state index contributed by atoms with van der Waals surface area (Å²) in [6.07, 6.45) is 1.15. The Hall–Kier alpha value is -3.27. The maximum Gasteiger partial charge on any atom is 0.356 e. The minimum Gasteiger partial charge on any atom is -0.299 e. The number of hydrogen-bond donors (Lipinski definition) is 4. The third-order valence-electron chi connectivity index (χ3n) is 3.24. The molecule has 1 aromatic carbocycles. The number of nitro groups is 1. The average molecular weight is 359 g/mol. The average Bonchev–Trinajstić information content (AvgIpc) is 2.57. The van der Waals surface area contributed by atoms with Gasteiger partial charge in [-0.1, -0.05) is 18.2 Å². The highest BCUT2D eigenvalue weighted by Gasteiger charge is 2.24. The van der Waals surface area contributed by atoms with Gasteiger partial charge in [-0.2, -0.15) is 0 Å². The molecule has 0 aliphatic carbocycles. The number of aromatic nitrogens is 2. The standard InChI is InChI=1S/C16H21N7O3/c1-10-7-5-6-8-11(10)15(24)21-19-13-12(23(25)26)14(18-9-17-13)20-22-16(2,3)4/h5-9,22H,1-4H3,(H,21,24)(H2,17,18,19,20). The Kier molecular flexibility index (Phi) is 5.68. The van der Waals surface area contributed by atoms with Crippen LogP contribution in [-0.4, -0.2) is 26.3 Å². The van der Waals surface area contributed by atoms with E-state index in [0.717, 1.165) is 11.9 Å². The molecule has 0 radical (unpaired) electrons. The number of nitrogens with zero attached hydrogens (tertiary/aromatic N) is 3. The third kappa shape index (κ3) is 4.86. The summed E-state index contributed by atoms with van der Waals surface area (Å²) in [6, 6.07) is 6.99. The van der Waals surface area contributed by atoms with Crippen molar-refractivity contribution in [3.05, 3.63) is 51.8 Å². The number of nitrogens with one attached hydrogen (secondary N) is 4. The first-order chi connectivity index (χ1) is 12.2. The van der Waals surface area contributed by atoms with E-state index >= 15 is 0 Å². The summed E-state index contributed by atoms with van der Waals surface area (Å²) in [5, 5.41) is 11.4. The van der Waals surface area contributed by atoms with Crippen LogP contribution in [0.4, 0.5) is 17.3 Å². The van der Waals surface area contributed by atoms with Crippen LogP contribution in [0.15, 0.2) is 30.6 Å². The molecular weight excluding hydrogens is 338 g/mol. The second-order valence-electron chi connectivity index (χ2n) is 6.57.